The lowest BCUT2D eigenvalue weighted by Gasteiger charge is -2.26. The van der Waals surface area contributed by atoms with Crippen molar-refractivity contribution in [2.24, 2.45) is 17.8 Å². The maximum atomic E-state index is 13.1. The van der Waals surface area contributed by atoms with E-state index in [4.69, 9.17) is 24.7 Å². The smallest absolute Gasteiger partial charge is 0.308 e. The fraction of sp³-hybridized carbons (Fsp3) is 0.500. The van der Waals surface area contributed by atoms with Crippen LogP contribution in [0.25, 0.3) is 16.1 Å². The van der Waals surface area contributed by atoms with E-state index in [0.29, 0.717) is 10.7 Å². The summed E-state index contributed by atoms with van der Waals surface area (Å²) in [6.07, 6.45) is -4.64. The molecule has 13 nitrogen and oxygen atoms in total. The molecule has 1 saturated heterocycles. The first kappa shape index (κ1) is 33.5. The molecule has 0 radical (unpaired) electrons. The summed E-state index contributed by atoms with van der Waals surface area (Å²) in [6, 6.07) is 0. The second-order valence-corrected chi connectivity index (χ2v) is 15.5. The molecule has 0 saturated carbocycles. The van der Waals surface area contributed by atoms with Crippen molar-refractivity contribution >= 4 is 87.0 Å². The number of carbonyl (C=O) groups excluding carboxylic acids is 3. The van der Waals surface area contributed by atoms with Crippen molar-refractivity contribution in [2.45, 2.75) is 66.1 Å². The zero-order valence-corrected chi connectivity index (χ0v) is 28.6. The van der Waals surface area contributed by atoms with E-state index >= 15 is 0 Å². The Labute approximate surface area is 275 Å². The Morgan fingerprint density at radius 1 is 0.933 bits per heavy atom. The summed E-state index contributed by atoms with van der Waals surface area (Å²) in [5.74, 6) is -2.94. The summed E-state index contributed by atoms with van der Waals surface area (Å²) in [6.45, 7) is 9.77. The normalized spacial score (nSPS) is 23.1. The van der Waals surface area contributed by atoms with Gasteiger partial charge in [0, 0.05) is 0 Å². The fourth-order valence-corrected chi connectivity index (χ4v) is 8.78. The highest BCUT2D eigenvalue weighted by molar-refractivity contribution is 8.35. The highest BCUT2D eigenvalue weighted by Gasteiger charge is 2.53. The number of carbonyl (C=O) groups is 3. The number of thioether (sulfide) groups is 4. The molecule has 0 unspecified atom stereocenters. The second kappa shape index (κ2) is 13.9. The number of hydrogen-bond acceptors (Lipinski definition) is 15. The molecule has 5 rings (SSSR count). The first-order valence-corrected chi connectivity index (χ1v) is 17.6. The van der Waals surface area contributed by atoms with Crippen molar-refractivity contribution in [2.75, 3.05) is 12.3 Å². The van der Waals surface area contributed by atoms with Crippen LogP contribution in [0.2, 0.25) is 0 Å². The predicted octanol–water partition coefficient (Wildman–Crippen LogP) is 4.79. The Hall–Kier alpha value is -2.86. The largest absolute Gasteiger partial charge is 0.463 e. The minimum Gasteiger partial charge on any atom is -0.463 e. The van der Waals surface area contributed by atoms with Gasteiger partial charge in [-0.1, -0.05) is 88.6 Å². The first-order valence-electron chi connectivity index (χ1n) is 14.1. The second-order valence-electron chi connectivity index (χ2n) is 11.2. The third-order valence-electron chi connectivity index (χ3n) is 6.69. The van der Waals surface area contributed by atoms with Crippen molar-refractivity contribution in [3.05, 3.63) is 40.9 Å². The third-order valence-corrected chi connectivity index (χ3v) is 11.7. The lowest BCUT2D eigenvalue weighted by Crippen LogP contribution is -2.42. The lowest BCUT2D eigenvalue weighted by atomic mass is 10.1. The summed E-state index contributed by atoms with van der Waals surface area (Å²) in [5.41, 5.74) is 5.47. The van der Waals surface area contributed by atoms with E-state index in [1.807, 2.05) is 16.2 Å². The van der Waals surface area contributed by atoms with Gasteiger partial charge in [-0.15, -0.1) is 0 Å². The molecule has 0 aliphatic carbocycles. The molecule has 2 aromatic rings. The van der Waals surface area contributed by atoms with Crippen LogP contribution in [-0.2, 0) is 33.3 Å². The first-order chi connectivity index (χ1) is 21.3. The van der Waals surface area contributed by atoms with Gasteiger partial charge in [0.15, 0.2) is 35.4 Å². The van der Waals surface area contributed by atoms with Crippen LogP contribution in [0.1, 0.15) is 53.6 Å². The Kier molecular flexibility index (Phi) is 10.3. The van der Waals surface area contributed by atoms with Crippen LogP contribution >= 0.6 is 47.0 Å². The van der Waals surface area contributed by atoms with E-state index in [9.17, 15) is 19.2 Å². The molecule has 4 atom stereocenters. The van der Waals surface area contributed by atoms with Crippen LogP contribution in [0, 0.1) is 17.8 Å². The molecule has 17 heteroatoms. The number of aromatic nitrogens is 4. The van der Waals surface area contributed by atoms with Gasteiger partial charge in [-0.05, 0) is 16.2 Å². The number of nitrogen functional groups attached to an aromatic ring is 1. The highest BCUT2D eigenvalue weighted by Crippen LogP contribution is 2.56. The van der Waals surface area contributed by atoms with Gasteiger partial charge in [0.1, 0.15) is 12.7 Å². The fourth-order valence-electron chi connectivity index (χ4n) is 4.35. The van der Waals surface area contributed by atoms with Crippen LogP contribution in [0.3, 0.4) is 0 Å². The SMILES string of the molecule is CC(C)C(=O)OC[C@H]1O[C@@H](n2c(C3=CSC(=C4SC=CS4)S3)nc3c(=O)[nH]c(N)nc32)[C@H](OC(=O)C(C)C)[C@@H]1OC(=O)C(C)C. The molecular formula is C28H33N5O8S4. The topological polar surface area (TPSA) is 178 Å². The predicted molar refractivity (Wildman–Crippen MR) is 176 cm³/mol. The maximum Gasteiger partial charge on any atom is 0.308 e. The number of nitrogens with two attached hydrogens (primary N) is 1. The molecule has 0 spiro atoms. The van der Waals surface area contributed by atoms with Crippen LogP contribution < -0.4 is 11.3 Å². The van der Waals surface area contributed by atoms with Gasteiger partial charge >= 0.3 is 17.9 Å². The molecular weight excluding hydrogens is 663 g/mol. The number of nitrogens with one attached hydrogen (secondary N) is 1. The molecule has 242 valence electrons. The van der Waals surface area contributed by atoms with Gasteiger partial charge in [0.2, 0.25) is 5.95 Å². The molecule has 45 heavy (non-hydrogen) atoms. The maximum absolute atomic E-state index is 13.1. The van der Waals surface area contributed by atoms with Gasteiger partial charge in [-0.2, -0.15) is 4.98 Å². The van der Waals surface area contributed by atoms with Crippen molar-refractivity contribution < 1.29 is 33.3 Å². The van der Waals surface area contributed by atoms with Gasteiger partial charge in [0.25, 0.3) is 5.56 Å². The van der Waals surface area contributed by atoms with E-state index in [-0.39, 0.29) is 23.7 Å². The average Bonchev–Trinajstić information content (AvgIpc) is 3.78. The van der Waals surface area contributed by atoms with Crippen molar-refractivity contribution in [1.29, 1.82) is 0 Å². The van der Waals surface area contributed by atoms with Crippen LogP contribution in [-0.4, -0.2) is 62.3 Å². The van der Waals surface area contributed by atoms with E-state index < -0.39 is 65.8 Å². The number of esters is 3. The summed E-state index contributed by atoms with van der Waals surface area (Å²) in [7, 11) is 0. The van der Waals surface area contributed by atoms with Gasteiger partial charge in [0.05, 0.1) is 31.1 Å². The van der Waals surface area contributed by atoms with E-state index in [1.54, 1.807) is 69.6 Å². The minimum absolute atomic E-state index is 0.0129. The van der Waals surface area contributed by atoms with Crippen LogP contribution in [0.5, 0.6) is 0 Å². The molecule has 0 aromatic carbocycles. The zero-order valence-electron chi connectivity index (χ0n) is 25.3. The molecule has 1 fully saturated rings. The molecule has 0 bridgehead atoms. The quantitative estimate of drug-likeness (QED) is 0.270. The Bertz CT molecular complexity index is 1650. The lowest BCUT2D eigenvalue weighted by molar-refractivity contribution is -0.173. The number of aromatic amines is 1. The molecule has 0 amide bonds. The van der Waals surface area contributed by atoms with Gasteiger partial charge in [-0.3, -0.25) is 28.7 Å². The number of rotatable bonds is 9. The summed E-state index contributed by atoms with van der Waals surface area (Å²) >= 11 is 6.19. The molecule has 3 aliphatic rings. The van der Waals surface area contributed by atoms with Crippen molar-refractivity contribution in [1.82, 2.24) is 19.5 Å². The molecule has 3 N–H and O–H groups in total. The van der Waals surface area contributed by atoms with E-state index in [0.717, 1.165) is 8.47 Å². The van der Waals surface area contributed by atoms with Gasteiger partial charge < -0.3 is 24.7 Å². The van der Waals surface area contributed by atoms with Crippen molar-refractivity contribution in [3.8, 4) is 0 Å². The Balaban J connectivity index is 1.64. The average molecular weight is 696 g/mol. The minimum atomic E-state index is -1.23. The summed E-state index contributed by atoms with van der Waals surface area (Å²) < 4.78 is 27.5. The standard InChI is InChI=1S/C28H33N5O8S4/c1-11(2)23(35)38-9-14-17(40-24(36)12(3)4)18(41-25(37)13(5)6)22(39-14)33-19(30-16-20(33)31-28(29)32-21(16)34)15-10-44-27(45-15)26-42-7-8-43-26/h7-8,10-14,17-18,22H,9H2,1-6H3,(H3,29,31,32,34)/t14-,17-,18-,22-/m1/s1. The number of fused-ring (bicyclic) bond motifs is 1. The van der Waals surface area contributed by atoms with Gasteiger partial charge in [-0.25, -0.2) is 4.98 Å². The molecule has 3 aliphatic heterocycles. The number of anilines is 1. The summed E-state index contributed by atoms with van der Waals surface area (Å²) in [4.78, 5) is 63.7. The Morgan fingerprint density at radius 3 is 2.18 bits per heavy atom. The van der Waals surface area contributed by atoms with Crippen LogP contribution in [0.4, 0.5) is 5.95 Å². The number of ether oxygens (including phenoxy) is 4. The monoisotopic (exact) mass is 695 g/mol. The number of hydrogen-bond donors (Lipinski definition) is 2. The van der Waals surface area contributed by atoms with Crippen LogP contribution in [0.15, 0.2) is 29.5 Å². The Morgan fingerprint density at radius 2 is 1.56 bits per heavy atom. The molecule has 2 aromatic heterocycles. The summed E-state index contributed by atoms with van der Waals surface area (Å²) in [5, 5.41) is 5.90. The third kappa shape index (κ3) is 7.11. The van der Waals surface area contributed by atoms with E-state index in [2.05, 4.69) is 15.0 Å². The highest BCUT2D eigenvalue weighted by atomic mass is 32.2. The number of nitrogens with zero attached hydrogens (tertiary/aromatic N) is 3. The zero-order chi connectivity index (χ0) is 32.6. The number of imidazole rings is 1. The van der Waals surface area contributed by atoms with E-state index in [1.165, 1.54) is 23.5 Å². The number of H-pyrrole nitrogens is 1. The van der Waals surface area contributed by atoms with Crippen molar-refractivity contribution in [3.63, 3.8) is 0 Å². The molecule has 5 heterocycles.